The number of aromatic hydroxyl groups is 1. The molecule has 0 spiro atoms. The third kappa shape index (κ3) is 4.10. The van der Waals surface area contributed by atoms with Gasteiger partial charge in [0.25, 0.3) is 0 Å². The molecule has 0 saturated heterocycles. The summed E-state index contributed by atoms with van der Waals surface area (Å²) in [6.07, 6.45) is 1.46. The van der Waals surface area contributed by atoms with Gasteiger partial charge in [0.05, 0.1) is 16.8 Å². The van der Waals surface area contributed by atoms with E-state index in [4.69, 9.17) is 9.84 Å². The zero-order chi connectivity index (χ0) is 14.5. The van der Waals surface area contributed by atoms with Crippen molar-refractivity contribution in [3.05, 3.63) is 36.9 Å². The first kappa shape index (κ1) is 15.2. The van der Waals surface area contributed by atoms with Crippen molar-refractivity contribution in [1.82, 2.24) is 0 Å². The SMILES string of the molecule is C=CC(CCOC(C)=O)S(=O)(=O)c1ccc(O)cc1. The summed E-state index contributed by atoms with van der Waals surface area (Å²) in [5, 5.41) is 8.31. The molecular formula is C13H16O5S. The Hall–Kier alpha value is -1.82. The van der Waals surface area contributed by atoms with Gasteiger partial charge in [0, 0.05) is 13.3 Å². The number of ether oxygens (including phenoxy) is 1. The lowest BCUT2D eigenvalue weighted by molar-refractivity contribution is -0.141. The summed E-state index contributed by atoms with van der Waals surface area (Å²) in [6, 6.07) is 5.26. The van der Waals surface area contributed by atoms with Gasteiger partial charge < -0.3 is 9.84 Å². The van der Waals surface area contributed by atoms with E-state index in [0.717, 1.165) is 0 Å². The van der Waals surface area contributed by atoms with Crippen LogP contribution in [0, 0.1) is 0 Å². The second-order valence-electron chi connectivity index (χ2n) is 3.94. The van der Waals surface area contributed by atoms with E-state index in [9.17, 15) is 13.2 Å². The summed E-state index contributed by atoms with van der Waals surface area (Å²) >= 11 is 0. The van der Waals surface area contributed by atoms with E-state index in [-0.39, 0.29) is 23.7 Å². The number of carbonyl (C=O) groups is 1. The fraction of sp³-hybridized carbons (Fsp3) is 0.308. The Bertz CT molecular complexity index is 545. The predicted octanol–water partition coefficient (Wildman–Crippen LogP) is 1.67. The zero-order valence-electron chi connectivity index (χ0n) is 10.6. The number of hydrogen-bond acceptors (Lipinski definition) is 5. The number of rotatable bonds is 6. The summed E-state index contributed by atoms with van der Waals surface area (Å²) in [5.41, 5.74) is 0. The highest BCUT2D eigenvalue weighted by Crippen LogP contribution is 2.21. The molecule has 6 heteroatoms. The fourth-order valence-electron chi connectivity index (χ4n) is 1.53. The molecule has 19 heavy (non-hydrogen) atoms. The average Bonchev–Trinajstić information content (AvgIpc) is 2.34. The molecule has 1 unspecified atom stereocenters. The highest BCUT2D eigenvalue weighted by atomic mass is 32.2. The van der Waals surface area contributed by atoms with E-state index < -0.39 is 21.1 Å². The molecule has 1 rings (SSSR count). The van der Waals surface area contributed by atoms with E-state index >= 15 is 0 Å². The second-order valence-corrected chi connectivity index (χ2v) is 6.11. The maximum atomic E-state index is 12.3. The monoisotopic (exact) mass is 284 g/mol. The summed E-state index contributed by atoms with van der Waals surface area (Å²) < 4.78 is 29.2. The first-order chi connectivity index (χ1) is 8.87. The molecule has 0 heterocycles. The van der Waals surface area contributed by atoms with Gasteiger partial charge in [0.15, 0.2) is 9.84 Å². The molecule has 5 nitrogen and oxygen atoms in total. The molecule has 1 aromatic rings. The van der Waals surface area contributed by atoms with Crippen molar-refractivity contribution in [2.24, 2.45) is 0 Å². The van der Waals surface area contributed by atoms with Gasteiger partial charge in [-0.1, -0.05) is 6.08 Å². The summed E-state index contributed by atoms with van der Waals surface area (Å²) in [4.78, 5) is 10.7. The van der Waals surface area contributed by atoms with Gasteiger partial charge in [-0.15, -0.1) is 6.58 Å². The Morgan fingerprint density at radius 2 is 2.00 bits per heavy atom. The van der Waals surface area contributed by atoms with Gasteiger partial charge in [0.1, 0.15) is 5.75 Å². The lowest BCUT2D eigenvalue weighted by Crippen LogP contribution is -2.21. The smallest absolute Gasteiger partial charge is 0.302 e. The first-order valence-electron chi connectivity index (χ1n) is 5.66. The van der Waals surface area contributed by atoms with Crippen molar-refractivity contribution in [1.29, 1.82) is 0 Å². The molecule has 0 aromatic heterocycles. The molecule has 0 aliphatic heterocycles. The van der Waals surface area contributed by atoms with E-state index in [1.165, 1.54) is 37.3 Å². The molecule has 0 saturated carbocycles. The fourth-order valence-corrected chi connectivity index (χ4v) is 3.05. The standard InChI is InChI=1S/C13H16O5S/c1-3-12(8-9-18-10(2)14)19(16,17)13-6-4-11(15)5-7-13/h3-7,12,15H,1,8-9H2,2H3. The molecule has 0 radical (unpaired) electrons. The van der Waals surface area contributed by atoms with Crippen LogP contribution in [0.15, 0.2) is 41.8 Å². The van der Waals surface area contributed by atoms with Crippen LogP contribution in [-0.4, -0.2) is 31.4 Å². The van der Waals surface area contributed by atoms with E-state index in [2.05, 4.69) is 6.58 Å². The minimum absolute atomic E-state index is 0.00554. The van der Waals surface area contributed by atoms with Gasteiger partial charge in [-0.25, -0.2) is 8.42 Å². The summed E-state index contributed by atoms with van der Waals surface area (Å²) in [7, 11) is -3.59. The molecule has 0 amide bonds. The molecule has 0 bridgehead atoms. The third-order valence-electron chi connectivity index (χ3n) is 2.53. The third-order valence-corrected chi connectivity index (χ3v) is 4.69. The molecule has 0 aliphatic carbocycles. The molecular weight excluding hydrogens is 268 g/mol. The van der Waals surface area contributed by atoms with Crippen molar-refractivity contribution in [3.8, 4) is 5.75 Å². The Morgan fingerprint density at radius 3 is 2.47 bits per heavy atom. The van der Waals surface area contributed by atoms with Crippen LogP contribution in [0.5, 0.6) is 5.75 Å². The Morgan fingerprint density at radius 1 is 1.42 bits per heavy atom. The van der Waals surface area contributed by atoms with Crippen molar-refractivity contribution in [2.75, 3.05) is 6.61 Å². The Labute approximate surface area is 112 Å². The number of phenols is 1. The van der Waals surface area contributed by atoms with Gasteiger partial charge in [-0.3, -0.25) is 4.79 Å². The molecule has 1 atom stereocenters. The van der Waals surface area contributed by atoms with Crippen LogP contribution in [0.2, 0.25) is 0 Å². The quantitative estimate of drug-likeness (QED) is 0.635. The van der Waals surface area contributed by atoms with Crippen molar-refractivity contribution < 1.29 is 23.1 Å². The number of benzene rings is 1. The average molecular weight is 284 g/mol. The van der Waals surface area contributed by atoms with Crippen LogP contribution in [0.3, 0.4) is 0 Å². The topological polar surface area (TPSA) is 80.7 Å². The van der Waals surface area contributed by atoms with Gasteiger partial charge in [0.2, 0.25) is 0 Å². The van der Waals surface area contributed by atoms with E-state index in [1.807, 2.05) is 0 Å². The van der Waals surface area contributed by atoms with Gasteiger partial charge >= 0.3 is 5.97 Å². The lowest BCUT2D eigenvalue weighted by Gasteiger charge is -2.13. The molecule has 0 aliphatic rings. The number of phenolic OH excluding ortho intramolecular Hbond substituents is 1. The maximum Gasteiger partial charge on any atom is 0.302 e. The van der Waals surface area contributed by atoms with Crippen molar-refractivity contribution in [3.63, 3.8) is 0 Å². The zero-order valence-corrected chi connectivity index (χ0v) is 11.4. The van der Waals surface area contributed by atoms with Crippen molar-refractivity contribution >= 4 is 15.8 Å². The lowest BCUT2D eigenvalue weighted by atomic mass is 10.3. The number of sulfone groups is 1. The molecule has 104 valence electrons. The van der Waals surface area contributed by atoms with E-state index in [0.29, 0.717) is 0 Å². The van der Waals surface area contributed by atoms with Crippen molar-refractivity contribution in [2.45, 2.75) is 23.5 Å². The van der Waals surface area contributed by atoms with Crippen LogP contribution < -0.4 is 0 Å². The molecule has 1 aromatic carbocycles. The first-order valence-corrected chi connectivity index (χ1v) is 7.21. The number of esters is 1. The summed E-state index contributed by atoms with van der Waals surface area (Å²) in [5.74, 6) is -0.459. The van der Waals surface area contributed by atoms with Gasteiger partial charge in [-0.05, 0) is 24.3 Å². The predicted molar refractivity (Wildman–Crippen MR) is 70.5 cm³/mol. The van der Waals surface area contributed by atoms with E-state index in [1.54, 1.807) is 0 Å². The second kappa shape index (κ2) is 6.38. The normalized spacial score (nSPS) is 12.7. The highest BCUT2D eigenvalue weighted by molar-refractivity contribution is 7.92. The van der Waals surface area contributed by atoms with Crippen LogP contribution >= 0.6 is 0 Å². The Balaban J connectivity index is 2.86. The number of hydrogen-bond donors (Lipinski definition) is 1. The van der Waals surface area contributed by atoms with Crippen LogP contribution in [0.4, 0.5) is 0 Å². The minimum atomic E-state index is -3.59. The largest absolute Gasteiger partial charge is 0.508 e. The van der Waals surface area contributed by atoms with Crippen LogP contribution in [0.1, 0.15) is 13.3 Å². The molecule has 1 N–H and O–H groups in total. The molecule has 0 fully saturated rings. The Kier molecular flexibility index (Phi) is 5.11. The maximum absolute atomic E-state index is 12.3. The van der Waals surface area contributed by atoms with Gasteiger partial charge in [-0.2, -0.15) is 0 Å². The number of carbonyl (C=O) groups excluding carboxylic acids is 1. The highest BCUT2D eigenvalue weighted by Gasteiger charge is 2.24. The van der Waals surface area contributed by atoms with Crippen LogP contribution in [-0.2, 0) is 19.4 Å². The summed E-state index contributed by atoms with van der Waals surface area (Å²) in [6.45, 7) is 4.78. The minimum Gasteiger partial charge on any atom is -0.508 e. The van der Waals surface area contributed by atoms with Crippen LogP contribution in [0.25, 0.3) is 0 Å².